The van der Waals surface area contributed by atoms with Gasteiger partial charge in [0.05, 0.1) is 7.11 Å². The Labute approximate surface area is 135 Å². The molecule has 2 saturated heterocycles. The standard InChI is InChI=1S/C18H21N3O2/c1-23-17-4-2-3-13-9-19-16(8-15(13)17)18(22)20-14-7-12-5-6-21(10-12)11-14/h2-4,8-9,12,14H,5-7,10-11H2,1H3,(H,20,22)/t12-,14+/m0/s1. The Hall–Kier alpha value is -2.14. The normalized spacial score (nSPS) is 26.2. The Morgan fingerprint density at radius 1 is 1.39 bits per heavy atom. The van der Waals surface area contributed by atoms with Crippen LogP contribution in [0.15, 0.2) is 30.5 Å². The van der Waals surface area contributed by atoms with Crippen LogP contribution in [0.5, 0.6) is 5.75 Å². The van der Waals surface area contributed by atoms with Gasteiger partial charge in [-0.1, -0.05) is 12.1 Å². The molecule has 4 rings (SSSR count). The zero-order valence-electron chi connectivity index (χ0n) is 13.3. The second-order valence-electron chi connectivity index (χ2n) is 6.57. The number of benzene rings is 1. The van der Waals surface area contributed by atoms with Crippen LogP contribution in [0.25, 0.3) is 10.8 Å². The van der Waals surface area contributed by atoms with Crippen LogP contribution in [-0.2, 0) is 0 Å². The molecule has 1 amide bonds. The Kier molecular flexibility index (Phi) is 3.65. The van der Waals surface area contributed by atoms with E-state index in [0.717, 1.165) is 35.4 Å². The number of methoxy groups -OCH3 is 1. The second-order valence-corrected chi connectivity index (χ2v) is 6.57. The number of piperidine rings is 1. The fourth-order valence-corrected chi connectivity index (χ4v) is 3.87. The number of rotatable bonds is 3. The molecule has 0 aliphatic carbocycles. The molecule has 5 nitrogen and oxygen atoms in total. The highest BCUT2D eigenvalue weighted by atomic mass is 16.5. The topological polar surface area (TPSA) is 54.5 Å². The molecule has 120 valence electrons. The summed E-state index contributed by atoms with van der Waals surface area (Å²) in [6.07, 6.45) is 4.08. The number of pyridine rings is 1. The van der Waals surface area contributed by atoms with Gasteiger partial charge in [-0.15, -0.1) is 0 Å². The molecule has 0 spiro atoms. The van der Waals surface area contributed by atoms with Gasteiger partial charge in [-0.3, -0.25) is 9.78 Å². The van der Waals surface area contributed by atoms with E-state index in [1.165, 1.54) is 19.5 Å². The minimum atomic E-state index is -0.0923. The lowest BCUT2D eigenvalue weighted by molar-refractivity contribution is 0.0904. The highest BCUT2D eigenvalue weighted by Gasteiger charge is 2.33. The summed E-state index contributed by atoms with van der Waals surface area (Å²) in [6.45, 7) is 3.32. The molecule has 23 heavy (non-hydrogen) atoms. The van der Waals surface area contributed by atoms with E-state index in [9.17, 15) is 4.79 Å². The molecule has 1 aromatic carbocycles. The van der Waals surface area contributed by atoms with Crippen molar-refractivity contribution < 1.29 is 9.53 Å². The lowest BCUT2D eigenvalue weighted by Gasteiger charge is -2.30. The third kappa shape index (κ3) is 2.77. The predicted octanol–water partition coefficient (Wildman–Crippen LogP) is 2.07. The molecule has 3 atom stereocenters. The number of ether oxygens (including phenoxy) is 1. The molecular weight excluding hydrogens is 290 g/mol. The molecule has 0 radical (unpaired) electrons. The maximum atomic E-state index is 12.6. The summed E-state index contributed by atoms with van der Waals surface area (Å²) in [7, 11) is 1.64. The highest BCUT2D eigenvalue weighted by molar-refractivity contribution is 5.98. The summed E-state index contributed by atoms with van der Waals surface area (Å²) < 4.78 is 5.38. The van der Waals surface area contributed by atoms with Gasteiger partial charge in [-0.2, -0.15) is 0 Å². The molecule has 1 N–H and O–H groups in total. The number of carbonyl (C=O) groups is 1. The van der Waals surface area contributed by atoms with Crippen LogP contribution in [0.4, 0.5) is 0 Å². The average Bonchev–Trinajstić information content (AvgIpc) is 2.92. The summed E-state index contributed by atoms with van der Waals surface area (Å²) in [5.41, 5.74) is 0.454. The molecule has 2 aromatic rings. The van der Waals surface area contributed by atoms with Gasteiger partial charge >= 0.3 is 0 Å². The Morgan fingerprint density at radius 3 is 3.13 bits per heavy atom. The van der Waals surface area contributed by atoms with Crippen molar-refractivity contribution in [1.29, 1.82) is 0 Å². The summed E-state index contributed by atoms with van der Waals surface area (Å²) in [5, 5.41) is 5.05. The Morgan fingerprint density at radius 2 is 2.30 bits per heavy atom. The summed E-state index contributed by atoms with van der Waals surface area (Å²) in [6, 6.07) is 7.85. The third-order valence-corrected chi connectivity index (χ3v) is 4.98. The quantitative estimate of drug-likeness (QED) is 0.943. The van der Waals surface area contributed by atoms with Crippen molar-refractivity contribution in [3.63, 3.8) is 0 Å². The smallest absolute Gasteiger partial charge is 0.270 e. The minimum absolute atomic E-state index is 0.0923. The zero-order valence-corrected chi connectivity index (χ0v) is 13.3. The average molecular weight is 311 g/mol. The lowest BCUT2D eigenvalue weighted by Crippen LogP contribution is -2.47. The van der Waals surface area contributed by atoms with Crippen molar-refractivity contribution in [2.75, 3.05) is 26.7 Å². The number of nitrogens with one attached hydrogen (secondary N) is 1. The fourth-order valence-electron chi connectivity index (χ4n) is 3.87. The van der Waals surface area contributed by atoms with Crippen molar-refractivity contribution in [3.05, 3.63) is 36.2 Å². The van der Waals surface area contributed by atoms with Gasteiger partial charge in [0.25, 0.3) is 5.91 Å². The van der Waals surface area contributed by atoms with Crippen molar-refractivity contribution in [2.24, 2.45) is 5.92 Å². The van der Waals surface area contributed by atoms with E-state index in [0.29, 0.717) is 5.69 Å². The molecule has 0 saturated carbocycles. The largest absolute Gasteiger partial charge is 0.496 e. The molecule has 2 aliphatic rings. The van der Waals surface area contributed by atoms with Gasteiger partial charge < -0.3 is 15.0 Å². The molecule has 2 aliphatic heterocycles. The molecule has 1 aromatic heterocycles. The number of fused-ring (bicyclic) bond motifs is 3. The summed E-state index contributed by atoms with van der Waals surface area (Å²) in [5.74, 6) is 1.41. The van der Waals surface area contributed by atoms with Crippen LogP contribution in [0, 0.1) is 5.92 Å². The number of amides is 1. The fraction of sp³-hybridized carbons (Fsp3) is 0.444. The number of hydrogen-bond acceptors (Lipinski definition) is 4. The maximum Gasteiger partial charge on any atom is 0.270 e. The van der Waals surface area contributed by atoms with Crippen LogP contribution in [-0.4, -0.2) is 48.6 Å². The van der Waals surface area contributed by atoms with Crippen molar-refractivity contribution >= 4 is 16.7 Å². The number of hydrogen-bond donors (Lipinski definition) is 1. The van der Waals surface area contributed by atoms with E-state index >= 15 is 0 Å². The molecular formula is C18H21N3O2. The van der Waals surface area contributed by atoms with Gasteiger partial charge in [0.1, 0.15) is 11.4 Å². The predicted molar refractivity (Wildman–Crippen MR) is 88.7 cm³/mol. The van der Waals surface area contributed by atoms with Crippen molar-refractivity contribution in [2.45, 2.75) is 18.9 Å². The molecule has 2 bridgehead atoms. The Bertz CT molecular complexity index is 734. The van der Waals surface area contributed by atoms with E-state index in [-0.39, 0.29) is 11.9 Å². The number of aromatic nitrogens is 1. The van der Waals surface area contributed by atoms with Crippen molar-refractivity contribution in [3.8, 4) is 5.75 Å². The Balaban J connectivity index is 1.55. The van der Waals surface area contributed by atoms with Gasteiger partial charge in [-0.05, 0) is 37.4 Å². The highest BCUT2D eigenvalue weighted by Crippen LogP contribution is 2.27. The van der Waals surface area contributed by atoms with E-state index in [1.807, 2.05) is 24.3 Å². The van der Waals surface area contributed by atoms with E-state index in [1.54, 1.807) is 13.3 Å². The van der Waals surface area contributed by atoms with Crippen LogP contribution < -0.4 is 10.1 Å². The number of carbonyl (C=O) groups excluding carboxylic acids is 1. The first-order valence-corrected chi connectivity index (χ1v) is 8.19. The summed E-state index contributed by atoms with van der Waals surface area (Å²) in [4.78, 5) is 19.3. The molecule has 1 unspecified atom stereocenters. The van der Waals surface area contributed by atoms with Gasteiger partial charge in [0.2, 0.25) is 0 Å². The van der Waals surface area contributed by atoms with Crippen LogP contribution in [0.3, 0.4) is 0 Å². The monoisotopic (exact) mass is 311 g/mol. The van der Waals surface area contributed by atoms with Gasteiger partial charge in [-0.25, -0.2) is 0 Å². The SMILES string of the molecule is COc1cccc2cnc(C(=O)N[C@@H]3C[C@@H]4CCN(C4)C3)cc12. The van der Waals surface area contributed by atoms with Crippen LogP contribution in [0.1, 0.15) is 23.3 Å². The number of nitrogens with zero attached hydrogens (tertiary/aromatic N) is 2. The second kappa shape index (κ2) is 5.81. The molecule has 2 fully saturated rings. The zero-order chi connectivity index (χ0) is 15.8. The summed E-state index contributed by atoms with van der Waals surface area (Å²) >= 11 is 0. The van der Waals surface area contributed by atoms with Gasteiger partial charge in [0, 0.05) is 36.1 Å². The van der Waals surface area contributed by atoms with E-state index in [4.69, 9.17) is 4.74 Å². The molecule has 5 heteroatoms. The first-order chi connectivity index (χ1) is 11.2. The third-order valence-electron chi connectivity index (χ3n) is 4.98. The van der Waals surface area contributed by atoms with Crippen LogP contribution in [0.2, 0.25) is 0 Å². The maximum absolute atomic E-state index is 12.6. The van der Waals surface area contributed by atoms with Crippen LogP contribution >= 0.6 is 0 Å². The van der Waals surface area contributed by atoms with Gasteiger partial charge in [0.15, 0.2) is 0 Å². The van der Waals surface area contributed by atoms with E-state index < -0.39 is 0 Å². The molecule has 3 heterocycles. The minimum Gasteiger partial charge on any atom is -0.496 e. The first-order valence-electron chi connectivity index (χ1n) is 8.19. The van der Waals surface area contributed by atoms with E-state index in [2.05, 4.69) is 15.2 Å². The lowest BCUT2D eigenvalue weighted by atomic mass is 9.97. The van der Waals surface area contributed by atoms with Crippen molar-refractivity contribution in [1.82, 2.24) is 15.2 Å². The first kappa shape index (κ1) is 14.5.